The van der Waals surface area contributed by atoms with E-state index in [-0.39, 0.29) is 17.7 Å². The number of anilines is 1. The minimum atomic E-state index is -0.655. The molecule has 0 bridgehead atoms. The number of thiophene rings is 1. The van der Waals surface area contributed by atoms with Crippen molar-refractivity contribution < 1.29 is 9.59 Å². The van der Waals surface area contributed by atoms with Crippen LogP contribution in [-0.4, -0.2) is 27.6 Å². The Morgan fingerprint density at radius 2 is 1.93 bits per heavy atom. The van der Waals surface area contributed by atoms with Crippen molar-refractivity contribution in [3.05, 3.63) is 70.0 Å². The van der Waals surface area contributed by atoms with E-state index in [0.29, 0.717) is 17.9 Å². The minimum Gasteiger partial charge on any atom is -0.340 e. The molecule has 0 saturated carbocycles. The third kappa shape index (κ3) is 4.67. The van der Waals surface area contributed by atoms with E-state index in [1.54, 1.807) is 34.3 Å². The fourth-order valence-electron chi connectivity index (χ4n) is 2.90. The van der Waals surface area contributed by atoms with Gasteiger partial charge < -0.3 is 10.6 Å². The van der Waals surface area contributed by atoms with Crippen LogP contribution in [0.5, 0.6) is 0 Å². The van der Waals surface area contributed by atoms with Crippen LogP contribution in [0.4, 0.5) is 5.82 Å². The van der Waals surface area contributed by atoms with Gasteiger partial charge >= 0.3 is 0 Å². The number of hydrogen-bond donors (Lipinski definition) is 2. The molecule has 0 aliphatic rings. The van der Waals surface area contributed by atoms with Gasteiger partial charge in [-0.1, -0.05) is 38.1 Å². The first kappa shape index (κ1) is 19.8. The molecule has 7 heteroatoms. The summed E-state index contributed by atoms with van der Waals surface area (Å²) in [6, 6.07) is 12.4. The fraction of sp³-hybridized carbons (Fsp3) is 0.286. The summed E-state index contributed by atoms with van der Waals surface area (Å²) < 4.78 is 1.74. The lowest BCUT2D eigenvalue weighted by Gasteiger charge is -2.22. The van der Waals surface area contributed by atoms with Gasteiger partial charge in [-0.15, -0.1) is 11.3 Å². The molecule has 0 fully saturated rings. The topological polar surface area (TPSA) is 76.0 Å². The number of nitrogens with one attached hydrogen (secondary N) is 2. The molecule has 3 rings (SSSR count). The summed E-state index contributed by atoms with van der Waals surface area (Å²) in [7, 11) is 0. The van der Waals surface area contributed by atoms with E-state index in [1.807, 2.05) is 56.5 Å². The molecule has 0 spiro atoms. The highest BCUT2D eigenvalue weighted by molar-refractivity contribution is 7.09. The van der Waals surface area contributed by atoms with Gasteiger partial charge in [-0.3, -0.25) is 9.59 Å². The summed E-state index contributed by atoms with van der Waals surface area (Å²) in [5.74, 6) is 0.0275. The maximum atomic E-state index is 12.9. The molecule has 0 aliphatic carbocycles. The minimum absolute atomic E-state index is 0.0679. The average Bonchev–Trinajstić information content (AvgIpc) is 3.32. The van der Waals surface area contributed by atoms with Crippen molar-refractivity contribution in [3.8, 4) is 0 Å². The number of amides is 2. The lowest BCUT2D eigenvalue weighted by Crippen LogP contribution is -2.47. The van der Waals surface area contributed by atoms with Gasteiger partial charge in [0, 0.05) is 16.5 Å². The van der Waals surface area contributed by atoms with Crippen LogP contribution >= 0.6 is 11.3 Å². The third-order valence-electron chi connectivity index (χ3n) is 4.48. The number of hydrogen-bond acceptors (Lipinski definition) is 4. The van der Waals surface area contributed by atoms with Gasteiger partial charge in [0.1, 0.15) is 11.9 Å². The summed E-state index contributed by atoms with van der Waals surface area (Å²) in [6.07, 6.45) is 1.65. The first-order valence-electron chi connectivity index (χ1n) is 9.17. The van der Waals surface area contributed by atoms with E-state index < -0.39 is 6.04 Å². The molecule has 0 saturated heterocycles. The summed E-state index contributed by atoms with van der Waals surface area (Å²) in [5.41, 5.74) is 1.45. The van der Waals surface area contributed by atoms with Crippen LogP contribution in [0.15, 0.2) is 54.0 Å². The molecule has 2 N–H and O–H groups in total. The first-order chi connectivity index (χ1) is 13.5. The van der Waals surface area contributed by atoms with E-state index in [4.69, 9.17) is 0 Å². The summed E-state index contributed by atoms with van der Waals surface area (Å²) in [6.45, 7) is 6.28. The van der Waals surface area contributed by atoms with Crippen LogP contribution in [0, 0.1) is 12.8 Å². The van der Waals surface area contributed by atoms with Gasteiger partial charge in [-0.05, 0) is 35.9 Å². The molecular weight excluding hydrogens is 372 g/mol. The van der Waals surface area contributed by atoms with E-state index in [2.05, 4.69) is 15.7 Å². The highest BCUT2D eigenvalue weighted by Crippen LogP contribution is 2.16. The largest absolute Gasteiger partial charge is 0.340 e. The number of benzene rings is 1. The number of nitrogens with zero attached hydrogens (tertiary/aromatic N) is 2. The number of carbonyl (C=O) groups excluding carboxylic acids is 2. The molecule has 1 unspecified atom stereocenters. The molecule has 28 heavy (non-hydrogen) atoms. The molecule has 0 aliphatic heterocycles. The fourth-order valence-corrected chi connectivity index (χ4v) is 3.59. The monoisotopic (exact) mass is 396 g/mol. The molecule has 2 amide bonds. The SMILES string of the molecule is Cc1ccccc1C(=O)NC(C(=O)Nc1ccnn1Cc1cccs1)C(C)C. The molecule has 0 radical (unpaired) electrons. The first-order valence-corrected chi connectivity index (χ1v) is 10.0. The molecule has 2 heterocycles. The Labute approximate surface area is 168 Å². The van der Waals surface area contributed by atoms with E-state index in [1.165, 1.54) is 0 Å². The molecule has 6 nitrogen and oxygen atoms in total. The number of aryl methyl sites for hydroxylation is 1. The second-order valence-corrected chi connectivity index (χ2v) is 7.99. The van der Waals surface area contributed by atoms with Crippen molar-refractivity contribution in [1.29, 1.82) is 0 Å². The Hall–Kier alpha value is -2.93. The zero-order valence-electron chi connectivity index (χ0n) is 16.2. The summed E-state index contributed by atoms with van der Waals surface area (Å²) in [4.78, 5) is 26.7. The van der Waals surface area contributed by atoms with Crippen LogP contribution in [0.1, 0.15) is 34.6 Å². The van der Waals surface area contributed by atoms with Gasteiger partial charge in [0.2, 0.25) is 5.91 Å². The van der Waals surface area contributed by atoms with Crippen LogP contribution in [0.2, 0.25) is 0 Å². The van der Waals surface area contributed by atoms with Crippen LogP contribution < -0.4 is 10.6 Å². The summed E-state index contributed by atoms with van der Waals surface area (Å²) >= 11 is 1.64. The highest BCUT2D eigenvalue weighted by Gasteiger charge is 2.26. The van der Waals surface area contributed by atoms with Crippen molar-refractivity contribution in [2.24, 2.45) is 5.92 Å². The highest BCUT2D eigenvalue weighted by atomic mass is 32.1. The molecule has 3 aromatic rings. The van der Waals surface area contributed by atoms with Gasteiger partial charge in [0.05, 0.1) is 12.7 Å². The second-order valence-electron chi connectivity index (χ2n) is 6.95. The van der Waals surface area contributed by atoms with Crippen LogP contribution in [0.25, 0.3) is 0 Å². The molecule has 2 aromatic heterocycles. The Kier molecular flexibility index (Phi) is 6.26. The van der Waals surface area contributed by atoms with Crippen molar-refractivity contribution in [1.82, 2.24) is 15.1 Å². The Bertz CT molecular complexity index is 947. The Morgan fingerprint density at radius 1 is 1.14 bits per heavy atom. The number of rotatable bonds is 7. The van der Waals surface area contributed by atoms with Gasteiger partial charge in [0.15, 0.2) is 0 Å². The third-order valence-corrected chi connectivity index (χ3v) is 5.34. The van der Waals surface area contributed by atoms with E-state index in [9.17, 15) is 9.59 Å². The standard InChI is InChI=1S/C21H24N4O2S/c1-14(2)19(24-20(26)17-9-5-4-7-15(17)3)21(27)23-18-10-11-22-25(18)13-16-8-6-12-28-16/h4-12,14,19H,13H2,1-3H3,(H,23,27)(H,24,26). The van der Waals surface area contributed by atoms with Crippen LogP contribution in [-0.2, 0) is 11.3 Å². The molecular formula is C21H24N4O2S. The normalized spacial score (nSPS) is 12.0. The lowest BCUT2D eigenvalue weighted by molar-refractivity contribution is -0.118. The average molecular weight is 397 g/mol. The predicted octanol–water partition coefficient (Wildman–Crippen LogP) is 3.69. The zero-order valence-corrected chi connectivity index (χ0v) is 17.0. The number of carbonyl (C=O) groups is 2. The van der Waals surface area contributed by atoms with E-state index in [0.717, 1.165) is 10.4 Å². The molecule has 1 atom stereocenters. The van der Waals surface area contributed by atoms with Crippen molar-refractivity contribution >= 4 is 29.0 Å². The Morgan fingerprint density at radius 3 is 2.61 bits per heavy atom. The lowest BCUT2D eigenvalue weighted by atomic mass is 10.0. The smallest absolute Gasteiger partial charge is 0.252 e. The van der Waals surface area contributed by atoms with Gasteiger partial charge in [-0.25, -0.2) is 4.68 Å². The summed E-state index contributed by atoms with van der Waals surface area (Å²) in [5, 5.41) is 12.1. The maximum absolute atomic E-state index is 12.9. The van der Waals surface area contributed by atoms with Crippen molar-refractivity contribution in [2.75, 3.05) is 5.32 Å². The van der Waals surface area contributed by atoms with Crippen molar-refractivity contribution in [2.45, 2.75) is 33.4 Å². The van der Waals surface area contributed by atoms with E-state index >= 15 is 0 Å². The predicted molar refractivity (Wildman–Crippen MR) is 112 cm³/mol. The molecule has 146 valence electrons. The van der Waals surface area contributed by atoms with Gasteiger partial charge in [-0.2, -0.15) is 5.10 Å². The second kappa shape index (κ2) is 8.84. The maximum Gasteiger partial charge on any atom is 0.252 e. The molecule has 1 aromatic carbocycles. The van der Waals surface area contributed by atoms with Gasteiger partial charge in [0.25, 0.3) is 5.91 Å². The zero-order chi connectivity index (χ0) is 20.1. The quantitative estimate of drug-likeness (QED) is 0.639. The van der Waals surface area contributed by atoms with Crippen molar-refractivity contribution in [3.63, 3.8) is 0 Å². The van der Waals surface area contributed by atoms with Crippen LogP contribution in [0.3, 0.4) is 0 Å². The Balaban J connectivity index is 1.71. The number of aromatic nitrogens is 2.